The summed E-state index contributed by atoms with van der Waals surface area (Å²) in [4.78, 5) is 35.8. The fourth-order valence-corrected chi connectivity index (χ4v) is 2.96. The van der Waals surface area contributed by atoms with Crippen molar-refractivity contribution in [3.05, 3.63) is 65.7 Å². The fraction of sp³-hybridized carbons (Fsp3) is 0.348. The monoisotopic (exact) mass is 393 g/mol. The second-order valence-electron chi connectivity index (χ2n) is 7.29. The zero-order chi connectivity index (χ0) is 20.5. The van der Waals surface area contributed by atoms with Gasteiger partial charge in [-0.1, -0.05) is 30.3 Å². The average Bonchev–Trinajstić information content (AvgIpc) is 3.58. The van der Waals surface area contributed by atoms with Crippen LogP contribution in [0.1, 0.15) is 41.6 Å². The molecule has 3 rings (SSSR count). The molecule has 2 aromatic rings. The fourth-order valence-electron chi connectivity index (χ4n) is 2.96. The number of benzene rings is 2. The highest BCUT2D eigenvalue weighted by atomic mass is 16.2. The van der Waals surface area contributed by atoms with E-state index >= 15 is 0 Å². The first-order valence-corrected chi connectivity index (χ1v) is 10.1. The zero-order valence-electron chi connectivity index (χ0n) is 16.4. The third-order valence-corrected chi connectivity index (χ3v) is 4.81. The summed E-state index contributed by atoms with van der Waals surface area (Å²) < 4.78 is 0. The third-order valence-electron chi connectivity index (χ3n) is 4.81. The number of aryl methyl sites for hydroxylation is 1. The van der Waals surface area contributed by atoms with Gasteiger partial charge in [-0.25, -0.2) is 0 Å². The first kappa shape index (κ1) is 20.6. The van der Waals surface area contributed by atoms with Crippen LogP contribution in [0.5, 0.6) is 0 Å². The molecule has 6 heteroatoms. The normalized spacial score (nSPS) is 12.8. The molecule has 152 valence electrons. The molecule has 0 unspecified atom stereocenters. The van der Waals surface area contributed by atoms with Crippen molar-refractivity contribution in [1.82, 2.24) is 10.6 Å². The maximum Gasteiger partial charge on any atom is 0.251 e. The Kier molecular flexibility index (Phi) is 7.39. The van der Waals surface area contributed by atoms with Crippen LogP contribution in [0, 0.1) is 5.92 Å². The van der Waals surface area contributed by atoms with Crippen LogP contribution >= 0.6 is 0 Å². The van der Waals surface area contributed by atoms with Gasteiger partial charge in [-0.15, -0.1) is 0 Å². The lowest BCUT2D eigenvalue weighted by atomic mass is 10.1. The van der Waals surface area contributed by atoms with Crippen LogP contribution in [0.3, 0.4) is 0 Å². The Labute approximate surface area is 171 Å². The van der Waals surface area contributed by atoms with E-state index in [4.69, 9.17) is 0 Å². The molecule has 0 heterocycles. The van der Waals surface area contributed by atoms with Crippen molar-refractivity contribution < 1.29 is 14.4 Å². The minimum atomic E-state index is -0.205. The number of nitrogens with one attached hydrogen (secondary N) is 3. The van der Waals surface area contributed by atoms with Crippen molar-refractivity contribution in [3.63, 3.8) is 0 Å². The lowest BCUT2D eigenvalue weighted by Crippen LogP contribution is -2.34. The van der Waals surface area contributed by atoms with Crippen LogP contribution in [0.25, 0.3) is 0 Å². The molecule has 0 radical (unpaired) electrons. The van der Waals surface area contributed by atoms with Gasteiger partial charge in [-0.3, -0.25) is 14.4 Å². The van der Waals surface area contributed by atoms with Gasteiger partial charge in [-0.2, -0.15) is 0 Å². The number of hydrogen-bond acceptors (Lipinski definition) is 3. The van der Waals surface area contributed by atoms with E-state index in [1.165, 1.54) is 5.56 Å². The number of rotatable bonds is 10. The van der Waals surface area contributed by atoms with Gasteiger partial charge in [0.15, 0.2) is 0 Å². The molecule has 1 fully saturated rings. The van der Waals surface area contributed by atoms with E-state index < -0.39 is 0 Å². The van der Waals surface area contributed by atoms with Gasteiger partial charge < -0.3 is 16.0 Å². The zero-order valence-corrected chi connectivity index (χ0v) is 16.4. The van der Waals surface area contributed by atoms with Gasteiger partial charge in [-0.05, 0) is 55.5 Å². The first-order chi connectivity index (χ1) is 14.1. The quantitative estimate of drug-likeness (QED) is 0.543. The van der Waals surface area contributed by atoms with Crippen LogP contribution in [0.2, 0.25) is 0 Å². The second kappa shape index (κ2) is 10.4. The molecular formula is C23H27N3O3. The van der Waals surface area contributed by atoms with Crippen molar-refractivity contribution in [2.24, 2.45) is 5.92 Å². The minimum absolute atomic E-state index is 0.00839. The van der Waals surface area contributed by atoms with E-state index in [1.807, 2.05) is 18.2 Å². The summed E-state index contributed by atoms with van der Waals surface area (Å²) in [5.41, 5.74) is 2.44. The van der Waals surface area contributed by atoms with Gasteiger partial charge in [0.2, 0.25) is 11.8 Å². The smallest absolute Gasteiger partial charge is 0.251 e. The van der Waals surface area contributed by atoms with E-state index in [9.17, 15) is 14.4 Å². The summed E-state index contributed by atoms with van der Waals surface area (Å²) in [6.45, 7) is 0.759. The van der Waals surface area contributed by atoms with Gasteiger partial charge >= 0.3 is 0 Å². The number of carbonyl (C=O) groups excluding carboxylic acids is 3. The molecule has 0 aliphatic heterocycles. The van der Waals surface area contributed by atoms with E-state index in [0.29, 0.717) is 30.8 Å². The molecule has 3 amide bonds. The highest BCUT2D eigenvalue weighted by Gasteiger charge is 2.29. The van der Waals surface area contributed by atoms with E-state index in [1.54, 1.807) is 24.3 Å². The lowest BCUT2D eigenvalue weighted by molar-refractivity contribution is -0.121. The maximum atomic E-state index is 12.2. The molecule has 0 bridgehead atoms. The van der Waals surface area contributed by atoms with Crippen LogP contribution < -0.4 is 16.0 Å². The van der Waals surface area contributed by atoms with Crippen molar-refractivity contribution in [3.8, 4) is 0 Å². The van der Waals surface area contributed by atoms with Gasteiger partial charge in [0, 0.05) is 36.7 Å². The molecule has 2 aromatic carbocycles. The summed E-state index contributed by atoms with van der Waals surface area (Å²) >= 11 is 0. The van der Waals surface area contributed by atoms with Crippen molar-refractivity contribution in [2.75, 3.05) is 18.4 Å². The molecular weight excluding hydrogens is 366 g/mol. The molecule has 0 aromatic heterocycles. The average molecular weight is 393 g/mol. The predicted molar refractivity (Wildman–Crippen MR) is 113 cm³/mol. The standard InChI is InChI=1S/C23H27N3O3/c27-21(8-4-7-17-5-2-1-3-6-17)24-15-16-25-22(28)18-11-13-20(14-12-18)26-23(29)19-9-10-19/h1-3,5-6,11-14,19H,4,7-10,15-16H2,(H,24,27)(H,25,28)(H,26,29). The number of anilines is 1. The summed E-state index contributed by atoms with van der Waals surface area (Å²) in [7, 11) is 0. The molecule has 0 spiro atoms. The van der Waals surface area contributed by atoms with Crippen molar-refractivity contribution >= 4 is 23.4 Å². The Bertz CT molecular complexity index is 830. The lowest BCUT2D eigenvalue weighted by Gasteiger charge is -2.08. The minimum Gasteiger partial charge on any atom is -0.354 e. The Balaban J connectivity index is 1.29. The molecule has 0 saturated heterocycles. The maximum absolute atomic E-state index is 12.2. The Morgan fingerprint density at radius 3 is 2.24 bits per heavy atom. The molecule has 1 aliphatic rings. The Morgan fingerprint density at radius 1 is 0.862 bits per heavy atom. The molecule has 1 saturated carbocycles. The highest BCUT2D eigenvalue weighted by molar-refractivity contribution is 5.96. The Hall–Kier alpha value is -3.15. The van der Waals surface area contributed by atoms with Crippen LogP contribution in [0.15, 0.2) is 54.6 Å². The second-order valence-corrected chi connectivity index (χ2v) is 7.29. The number of hydrogen-bond donors (Lipinski definition) is 3. The number of amides is 3. The molecule has 0 atom stereocenters. The molecule has 29 heavy (non-hydrogen) atoms. The molecule has 6 nitrogen and oxygen atoms in total. The predicted octanol–water partition coefficient (Wildman–Crippen LogP) is 2.90. The van der Waals surface area contributed by atoms with Crippen LogP contribution in [-0.4, -0.2) is 30.8 Å². The van der Waals surface area contributed by atoms with Crippen molar-refractivity contribution in [2.45, 2.75) is 32.1 Å². The van der Waals surface area contributed by atoms with Crippen LogP contribution in [0.4, 0.5) is 5.69 Å². The van der Waals surface area contributed by atoms with E-state index in [0.717, 1.165) is 25.7 Å². The van der Waals surface area contributed by atoms with Crippen LogP contribution in [-0.2, 0) is 16.0 Å². The highest BCUT2D eigenvalue weighted by Crippen LogP contribution is 2.30. The summed E-state index contributed by atoms with van der Waals surface area (Å²) in [6, 6.07) is 16.9. The first-order valence-electron chi connectivity index (χ1n) is 10.1. The summed E-state index contributed by atoms with van der Waals surface area (Å²) in [5.74, 6) is -0.0254. The largest absolute Gasteiger partial charge is 0.354 e. The number of carbonyl (C=O) groups is 3. The van der Waals surface area contributed by atoms with Gasteiger partial charge in [0.25, 0.3) is 5.91 Å². The van der Waals surface area contributed by atoms with Gasteiger partial charge in [0.1, 0.15) is 0 Å². The SMILES string of the molecule is O=C(CCCc1ccccc1)NCCNC(=O)c1ccc(NC(=O)C2CC2)cc1. The molecule has 1 aliphatic carbocycles. The van der Waals surface area contributed by atoms with Gasteiger partial charge in [0.05, 0.1) is 0 Å². The van der Waals surface area contributed by atoms with E-state index in [2.05, 4.69) is 28.1 Å². The summed E-state index contributed by atoms with van der Waals surface area (Å²) in [5, 5.41) is 8.45. The Morgan fingerprint density at radius 2 is 1.55 bits per heavy atom. The summed E-state index contributed by atoms with van der Waals surface area (Å²) in [6.07, 6.45) is 4.05. The van der Waals surface area contributed by atoms with Crippen molar-refractivity contribution in [1.29, 1.82) is 0 Å². The third kappa shape index (κ3) is 7.07. The topological polar surface area (TPSA) is 87.3 Å². The molecule has 3 N–H and O–H groups in total. The van der Waals surface area contributed by atoms with E-state index in [-0.39, 0.29) is 23.6 Å².